The van der Waals surface area contributed by atoms with Crippen LogP contribution in [0.1, 0.15) is 24.0 Å². The van der Waals surface area contributed by atoms with E-state index in [1.54, 1.807) is 30.3 Å². The summed E-state index contributed by atoms with van der Waals surface area (Å²) in [6.45, 7) is 1.31. The summed E-state index contributed by atoms with van der Waals surface area (Å²) in [7, 11) is -3.84. The Morgan fingerprint density at radius 1 is 0.929 bits per heavy atom. The van der Waals surface area contributed by atoms with E-state index in [9.17, 15) is 27.6 Å². The van der Waals surface area contributed by atoms with Gasteiger partial charge in [0.05, 0.1) is 37.3 Å². The minimum atomic E-state index is -3.84. The molecule has 0 aliphatic carbocycles. The van der Waals surface area contributed by atoms with Crippen molar-refractivity contribution in [2.75, 3.05) is 45.1 Å². The van der Waals surface area contributed by atoms with E-state index < -0.39 is 51.5 Å². The Bertz CT molecular complexity index is 1330. The van der Waals surface area contributed by atoms with Gasteiger partial charge in [-0.1, -0.05) is 60.7 Å². The van der Waals surface area contributed by atoms with E-state index in [4.69, 9.17) is 9.47 Å². The lowest BCUT2D eigenvalue weighted by Gasteiger charge is -2.29. The first kappa shape index (κ1) is 31.0. The third-order valence-corrected chi connectivity index (χ3v) is 8.61. The number of benzene rings is 2. The monoisotopic (exact) mass is 600 g/mol. The molecule has 12 nitrogen and oxygen atoms in total. The van der Waals surface area contributed by atoms with Gasteiger partial charge in [-0.2, -0.15) is 0 Å². The maximum atomic E-state index is 13.4. The highest BCUT2D eigenvalue weighted by atomic mass is 32.2. The van der Waals surface area contributed by atoms with Gasteiger partial charge in [0.1, 0.15) is 12.6 Å². The molecule has 42 heavy (non-hydrogen) atoms. The van der Waals surface area contributed by atoms with Gasteiger partial charge in [-0.05, 0) is 24.0 Å². The molecule has 0 aromatic heterocycles. The van der Waals surface area contributed by atoms with E-state index in [2.05, 4.69) is 10.6 Å². The smallest absolute Gasteiger partial charge is 0.410 e. The molecule has 0 radical (unpaired) electrons. The number of ketones is 1. The molecule has 0 saturated carbocycles. The second-order valence-electron chi connectivity index (χ2n) is 10.3. The molecule has 2 atom stereocenters. The molecular formula is C29H36N4O8S. The van der Waals surface area contributed by atoms with Crippen LogP contribution in [0.5, 0.6) is 0 Å². The van der Waals surface area contributed by atoms with Crippen LogP contribution < -0.4 is 10.6 Å². The Morgan fingerprint density at radius 2 is 1.57 bits per heavy atom. The standard InChI is InChI=1S/C29H36N4O8S/c34-26-18-33(29(37)41-19-22-8-3-1-4-9-22)13-7-12-24(26)30-27(35)25(31-28(36)32-14-16-40-17-15-32)21-42(38,39)20-23-10-5-2-6-11-23/h1-6,8-11,24-25H,7,12-21H2,(H,30,35)(H,31,36)/t24?,25-/m0/s1. The molecule has 226 valence electrons. The van der Waals surface area contributed by atoms with Gasteiger partial charge < -0.3 is 29.9 Å². The maximum absolute atomic E-state index is 13.4. The quantitative estimate of drug-likeness (QED) is 0.440. The molecule has 4 rings (SSSR count). The summed E-state index contributed by atoms with van der Waals surface area (Å²) in [5.74, 6) is -2.16. The Balaban J connectivity index is 1.39. The van der Waals surface area contributed by atoms with Crippen molar-refractivity contribution in [2.24, 2.45) is 0 Å². The Morgan fingerprint density at radius 3 is 2.24 bits per heavy atom. The van der Waals surface area contributed by atoms with E-state index in [0.717, 1.165) is 5.56 Å². The fraction of sp³-hybridized carbons (Fsp3) is 0.448. The first-order valence-electron chi connectivity index (χ1n) is 13.9. The van der Waals surface area contributed by atoms with Crippen molar-refractivity contribution in [1.29, 1.82) is 0 Å². The Hall–Kier alpha value is -3.97. The average Bonchev–Trinajstić information content (AvgIpc) is 3.17. The number of ether oxygens (including phenoxy) is 2. The molecule has 13 heteroatoms. The SMILES string of the molecule is O=C1CN(C(=O)OCc2ccccc2)CCCC1NC(=O)[C@H](CS(=O)(=O)Cc1ccccc1)NC(=O)N1CCOCC1. The van der Waals surface area contributed by atoms with Crippen LogP contribution in [0.25, 0.3) is 0 Å². The third-order valence-electron chi connectivity index (χ3n) is 7.00. The first-order chi connectivity index (χ1) is 20.2. The van der Waals surface area contributed by atoms with Crippen LogP contribution >= 0.6 is 0 Å². The average molecular weight is 601 g/mol. The molecule has 2 aromatic carbocycles. The van der Waals surface area contributed by atoms with Gasteiger partial charge in [0.2, 0.25) is 5.91 Å². The number of urea groups is 1. The van der Waals surface area contributed by atoms with Crippen molar-refractivity contribution >= 4 is 33.7 Å². The molecule has 0 bridgehead atoms. The Kier molecular flexibility index (Phi) is 10.9. The Labute approximate surface area is 245 Å². The predicted octanol–water partition coefficient (Wildman–Crippen LogP) is 1.50. The van der Waals surface area contributed by atoms with Crippen LogP contribution in [0.4, 0.5) is 9.59 Å². The first-order valence-corrected chi connectivity index (χ1v) is 15.7. The number of amides is 4. The lowest BCUT2D eigenvalue weighted by molar-refractivity contribution is -0.128. The summed E-state index contributed by atoms with van der Waals surface area (Å²) in [4.78, 5) is 54.7. The van der Waals surface area contributed by atoms with Gasteiger partial charge in [0.15, 0.2) is 15.6 Å². The van der Waals surface area contributed by atoms with Crippen LogP contribution in [0.3, 0.4) is 0 Å². The van der Waals surface area contributed by atoms with Crippen molar-refractivity contribution in [3.05, 3.63) is 71.8 Å². The number of rotatable bonds is 9. The second kappa shape index (κ2) is 14.8. The number of morpholine rings is 1. The molecule has 2 aliphatic rings. The molecule has 2 fully saturated rings. The molecule has 2 aliphatic heterocycles. The topological polar surface area (TPSA) is 151 Å². The number of hydrogen-bond acceptors (Lipinski definition) is 8. The van der Waals surface area contributed by atoms with Gasteiger partial charge in [-0.15, -0.1) is 0 Å². The number of carbonyl (C=O) groups is 4. The minimum absolute atomic E-state index is 0.0620. The zero-order chi connectivity index (χ0) is 30.0. The van der Waals surface area contributed by atoms with Crippen molar-refractivity contribution in [1.82, 2.24) is 20.4 Å². The summed E-state index contributed by atoms with van der Waals surface area (Å²) < 4.78 is 36.8. The fourth-order valence-electron chi connectivity index (χ4n) is 4.75. The third kappa shape index (κ3) is 9.28. The van der Waals surface area contributed by atoms with Gasteiger partial charge in [0.25, 0.3) is 0 Å². The van der Waals surface area contributed by atoms with E-state index in [1.165, 1.54) is 9.80 Å². The molecule has 4 amide bonds. The maximum Gasteiger partial charge on any atom is 0.410 e. The van der Waals surface area contributed by atoms with E-state index in [-0.39, 0.29) is 31.9 Å². The number of hydrogen-bond donors (Lipinski definition) is 2. The number of sulfone groups is 1. The van der Waals surface area contributed by atoms with Crippen LogP contribution in [0, 0.1) is 0 Å². The zero-order valence-corrected chi connectivity index (χ0v) is 24.1. The van der Waals surface area contributed by atoms with Gasteiger partial charge in [-0.3, -0.25) is 9.59 Å². The number of likely N-dealkylation sites (tertiary alicyclic amines) is 1. The van der Waals surface area contributed by atoms with Crippen LogP contribution in [-0.2, 0) is 41.3 Å². The normalized spacial score (nSPS) is 18.5. The summed E-state index contributed by atoms with van der Waals surface area (Å²) >= 11 is 0. The molecule has 2 N–H and O–H groups in total. The lowest BCUT2D eigenvalue weighted by Crippen LogP contribution is -2.57. The molecule has 1 unspecified atom stereocenters. The van der Waals surface area contributed by atoms with Crippen molar-refractivity contribution < 1.29 is 37.1 Å². The van der Waals surface area contributed by atoms with E-state index in [1.807, 2.05) is 30.3 Å². The van der Waals surface area contributed by atoms with Gasteiger partial charge in [-0.25, -0.2) is 18.0 Å². The van der Waals surface area contributed by atoms with Crippen molar-refractivity contribution in [3.63, 3.8) is 0 Å². The zero-order valence-electron chi connectivity index (χ0n) is 23.3. The summed E-state index contributed by atoms with van der Waals surface area (Å²) in [5, 5.41) is 5.18. The molecule has 2 heterocycles. The van der Waals surface area contributed by atoms with E-state index in [0.29, 0.717) is 38.3 Å². The number of carbonyl (C=O) groups excluding carboxylic acids is 4. The minimum Gasteiger partial charge on any atom is -0.445 e. The predicted molar refractivity (Wildman–Crippen MR) is 153 cm³/mol. The summed E-state index contributed by atoms with van der Waals surface area (Å²) in [6.07, 6.45) is 0.0177. The lowest BCUT2D eigenvalue weighted by atomic mass is 10.1. The molecular weight excluding hydrogens is 564 g/mol. The van der Waals surface area contributed by atoms with Crippen LogP contribution in [0.2, 0.25) is 0 Å². The number of nitrogens with zero attached hydrogens (tertiary/aromatic N) is 2. The highest BCUT2D eigenvalue weighted by molar-refractivity contribution is 7.90. The van der Waals surface area contributed by atoms with Crippen LogP contribution in [-0.4, -0.2) is 99.3 Å². The highest BCUT2D eigenvalue weighted by Crippen LogP contribution is 2.13. The van der Waals surface area contributed by atoms with Crippen LogP contribution in [0.15, 0.2) is 60.7 Å². The number of Topliss-reactive ketones (excluding diaryl/α,β-unsaturated/α-hetero) is 1. The largest absolute Gasteiger partial charge is 0.445 e. The molecule has 2 saturated heterocycles. The summed E-state index contributed by atoms with van der Waals surface area (Å²) in [6, 6.07) is 14.7. The fourth-order valence-corrected chi connectivity index (χ4v) is 6.31. The van der Waals surface area contributed by atoms with Crippen molar-refractivity contribution in [2.45, 2.75) is 37.3 Å². The van der Waals surface area contributed by atoms with Crippen molar-refractivity contribution in [3.8, 4) is 0 Å². The summed E-state index contributed by atoms with van der Waals surface area (Å²) in [5.41, 5.74) is 1.36. The van der Waals surface area contributed by atoms with E-state index >= 15 is 0 Å². The van der Waals surface area contributed by atoms with Gasteiger partial charge >= 0.3 is 12.1 Å². The molecule has 0 spiro atoms. The number of nitrogens with one attached hydrogen (secondary N) is 2. The molecule has 2 aromatic rings. The highest BCUT2D eigenvalue weighted by Gasteiger charge is 2.34. The second-order valence-corrected chi connectivity index (χ2v) is 12.4. The van der Waals surface area contributed by atoms with Gasteiger partial charge in [0, 0.05) is 19.6 Å².